The van der Waals surface area contributed by atoms with E-state index >= 15 is 0 Å². The number of primary amides is 1. The number of aromatic amines is 1. The van der Waals surface area contributed by atoms with Crippen molar-refractivity contribution in [3.8, 4) is 22.8 Å². The lowest BCUT2D eigenvalue weighted by Gasteiger charge is -2.12. The Morgan fingerprint density at radius 2 is 2.03 bits per heavy atom. The number of imidazole rings is 1. The number of aryl methyl sites for hydroxylation is 1. The summed E-state index contributed by atoms with van der Waals surface area (Å²) in [6.45, 7) is 2.56. The van der Waals surface area contributed by atoms with Crippen molar-refractivity contribution < 1.29 is 9.53 Å². The molecule has 10 heteroatoms. The fraction of sp³-hybridized carbons (Fsp3) is 0.240. The van der Waals surface area contributed by atoms with Gasteiger partial charge in [-0.25, -0.2) is 9.97 Å². The Kier molecular flexibility index (Phi) is 4.96. The van der Waals surface area contributed by atoms with E-state index in [1.807, 2.05) is 42.1 Å². The highest BCUT2D eigenvalue weighted by Crippen LogP contribution is 2.50. The minimum atomic E-state index is -0.275. The summed E-state index contributed by atoms with van der Waals surface area (Å²) in [6, 6.07) is 9.25. The number of benzene rings is 2. The van der Waals surface area contributed by atoms with Gasteiger partial charge in [0.05, 0.1) is 34.6 Å². The normalized spacial score (nSPS) is 14.5. The molecule has 0 spiro atoms. The molecular weight excluding hydrogens is 466 g/mol. The van der Waals surface area contributed by atoms with E-state index in [2.05, 4.69) is 20.1 Å². The van der Waals surface area contributed by atoms with E-state index in [9.17, 15) is 4.79 Å². The van der Waals surface area contributed by atoms with Crippen LogP contribution >= 0.6 is 11.6 Å². The molecule has 1 saturated carbocycles. The van der Waals surface area contributed by atoms with E-state index in [0.717, 1.165) is 35.3 Å². The summed E-state index contributed by atoms with van der Waals surface area (Å²) in [4.78, 5) is 28.3. The fourth-order valence-corrected chi connectivity index (χ4v) is 4.65. The Hall–Kier alpha value is -3.98. The van der Waals surface area contributed by atoms with Gasteiger partial charge in [0.15, 0.2) is 0 Å². The molecule has 3 N–H and O–H groups in total. The van der Waals surface area contributed by atoms with Crippen molar-refractivity contribution in [1.82, 2.24) is 29.7 Å². The van der Waals surface area contributed by atoms with E-state index in [-0.39, 0.29) is 11.3 Å². The molecule has 0 unspecified atom stereocenters. The predicted molar refractivity (Wildman–Crippen MR) is 132 cm³/mol. The number of fused-ring (bicyclic) bond motifs is 2. The molecule has 5 aromatic rings. The molecule has 2 aromatic carbocycles. The summed E-state index contributed by atoms with van der Waals surface area (Å²) in [5, 5.41) is 4.84. The van der Waals surface area contributed by atoms with Gasteiger partial charge >= 0.3 is 0 Å². The maximum Gasteiger partial charge on any atom is 0.218 e. The van der Waals surface area contributed by atoms with Crippen LogP contribution in [0.25, 0.3) is 33.3 Å². The minimum absolute atomic E-state index is 0.0718. The van der Waals surface area contributed by atoms with Crippen molar-refractivity contribution in [1.29, 1.82) is 0 Å². The zero-order chi connectivity index (χ0) is 24.2. The number of nitrogens with one attached hydrogen (secondary N) is 1. The van der Waals surface area contributed by atoms with Crippen LogP contribution in [0.1, 0.15) is 25.1 Å². The lowest BCUT2D eigenvalue weighted by molar-refractivity contribution is -0.119. The van der Waals surface area contributed by atoms with Crippen molar-refractivity contribution >= 4 is 39.6 Å². The van der Waals surface area contributed by atoms with E-state index in [1.165, 1.54) is 0 Å². The molecular formula is C25H22ClN7O2. The molecule has 0 aliphatic heterocycles. The number of H-pyrrole nitrogens is 1. The van der Waals surface area contributed by atoms with Gasteiger partial charge in [-0.3, -0.25) is 14.5 Å². The van der Waals surface area contributed by atoms with Crippen LogP contribution in [0, 0.1) is 12.3 Å². The molecule has 9 nitrogen and oxygen atoms in total. The molecule has 6 rings (SSSR count). The standard InChI is InChI=1S/C25H22ClN7O2/c1-14-30-17-3-2-16(8-19(17)31-14)35-21-5-4-18-24(23(21)26)32-20(11-28-18)15-10-29-33(12-15)13-25(6-7-25)9-22(27)34/h2-5,8,10-12H,6-7,9,13H2,1H3,(H2,27,34)(H,30,31). The molecule has 0 saturated heterocycles. The number of hydrogen-bond donors (Lipinski definition) is 2. The molecule has 0 radical (unpaired) electrons. The first-order valence-corrected chi connectivity index (χ1v) is 11.7. The van der Waals surface area contributed by atoms with Gasteiger partial charge in [0.25, 0.3) is 0 Å². The maximum absolute atomic E-state index is 11.4. The molecule has 1 aliphatic carbocycles. The Morgan fingerprint density at radius 1 is 1.20 bits per heavy atom. The van der Waals surface area contributed by atoms with Gasteiger partial charge in [0.1, 0.15) is 27.9 Å². The molecule has 3 heterocycles. The zero-order valence-electron chi connectivity index (χ0n) is 19.0. The van der Waals surface area contributed by atoms with E-state index < -0.39 is 0 Å². The summed E-state index contributed by atoms with van der Waals surface area (Å²) in [5.74, 6) is 1.69. The smallest absolute Gasteiger partial charge is 0.218 e. The number of amides is 1. The zero-order valence-corrected chi connectivity index (χ0v) is 19.7. The Bertz CT molecular complexity index is 1600. The van der Waals surface area contributed by atoms with Gasteiger partial charge in [-0.2, -0.15) is 5.10 Å². The largest absolute Gasteiger partial charge is 0.456 e. The van der Waals surface area contributed by atoms with Crippen LogP contribution in [0.15, 0.2) is 48.9 Å². The first-order valence-electron chi connectivity index (χ1n) is 11.3. The summed E-state index contributed by atoms with van der Waals surface area (Å²) < 4.78 is 7.91. The Balaban J connectivity index is 1.28. The lowest BCUT2D eigenvalue weighted by atomic mass is 10.0. The first kappa shape index (κ1) is 21.5. The molecule has 1 aliphatic rings. The molecule has 1 fully saturated rings. The highest BCUT2D eigenvalue weighted by Gasteiger charge is 2.44. The van der Waals surface area contributed by atoms with Crippen LogP contribution in [0.2, 0.25) is 5.02 Å². The van der Waals surface area contributed by atoms with Gasteiger partial charge in [-0.05, 0) is 49.4 Å². The number of carbonyl (C=O) groups excluding carboxylic acids is 1. The van der Waals surface area contributed by atoms with Crippen molar-refractivity contribution in [3.63, 3.8) is 0 Å². The average molecular weight is 488 g/mol. The van der Waals surface area contributed by atoms with Crippen LogP contribution in [-0.2, 0) is 11.3 Å². The van der Waals surface area contributed by atoms with Crippen molar-refractivity contribution in [3.05, 3.63) is 59.8 Å². The number of nitrogens with zero attached hydrogens (tertiary/aromatic N) is 5. The first-order chi connectivity index (χ1) is 16.9. The second-order valence-corrected chi connectivity index (χ2v) is 9.55. The maximum atomic E-state index is 11.4. The third kappa shape index (κ3) is 4.19. The summed E-state index contributed by atoms with van der Waals surface area (Å²) >= 11 is 6.71. The van der Waals surface area contributed by atoms with Gasteiger partial charge in [-0.15, -0.1) is 0 Å². The van der Waals surface area contributed by atoms with E-state index in [0.29, 0.717) is 46.2 Å². The van der Waals surface area contributed by atoms with E-state index in [4.69, 9.17) is 27.1 Å². The van der Waals surface area contributed by atoms with Crippen LogP contribution in [0.3, 0.4) is 0 Å². The SMILES string of the molecule is Cc1nc2ccc(Oc3ccc4ncc(-c5cnn(CC6(CC(N)=O)CC6)c5)nc4c3Cl)cc2[nH]1. The van der Waals surface area contributed by atoms with Gasteiger partial charge in [-0.1, -0.05) is 11.6 Å². The highest BCUT2D eigenvalue weighted by molar-refractivity contribution is 6.36. The number of hydrogen-bond acceptors (Lipinski definition) is 6. The average Bonchev–Trinajstić information content (AvgIpc) is 3.22. The fourth-order valence-electron chi connectivity index (χ4n) is 4.41. The molecule has 1 amide bonds. The lowest BCUT2D eigenvalue weighted by Crippen LogP contribution is -2.21. The van der Waals surface area contributed by atoms with Gasteiger partial charge in [0, 0.05) is 30.8 Å². The second-order valence-electron chi connectivity index (χ2n) is 9.17. The van der Waals surface area contributed by atoms with Crippen LogP contribution in [0.4, 0.5) is 0 Å². The number of rotatable bonds is 7. The predicted octanol–water partition coefficient (Wildman–Crippen LogP) is 4.78. The molecule has 0 atom stereocenters. The molecule has 176 valence electrons. The summed E-state index contributed by atoms with van der Waals surface area (Å²) in [6.07, 6.45) is 7.69. The van der Waals surface area contributed by atoms with Crippen molar-refractivity contribution in [2.75, 3.05) is 0 Å². The summed E-state index contributed by atoms with van der Waals surface area (Å²) in [7, 11) is 0. The van der Waals surface area contributed by atoms with Crippen LogP contribution in [-0.4, -0.2) is 35.6 Å². The van der Waals surface area contributed by atoms with Crippen molar-refractivity contribution in [2.45, 2.75) is 32.7 Å². The second kappa shape index (κ2) is 8.06. The number of carbonyl (C=O) groups is 1. The summed E-state index contributed by atoms with van der Waals surface area (Å²) in [5.41, 5.74) is 9.77. The Labute approximate surface area is 205 Å². The molecule has 3 aromatic heterocycles. The quantitative estimate of drug-likeness (QED) is 0.340. The van der Waals surface area contributed by atoms with Crippen LogP contribution in [0.5, 0.6) is 11.5 Å². The van der Waals surface area contributed by atoms with Gasteiger partial charge < -0.3 is 15.5 Å². The van der Waals surface area contributed by atoms with E-state index in [1.54, 1.807) is 18.5 Å². The number of halogens is 1. The topological polar surface area (TPSA) is 125 Å². The highest BCUT2D eigenvalue weighted by atomic mass is 35.5. The monoisotopic (exact) mass is 487 g/mol. The molecule has 35 heavy (non-hydrogen) atoms. The van der Waals surface area contributed by atoms with Crippen molar-refractivity contribution in [2.24, 2.45) is 11.1 Å². The molecule has 0 bridgehead atoms. The number of aromatic nitrogens is 6. The van der Waals surface area contributed by atoms with Crippen LogP contribution < -0.4 is 10.5 Å². The number of ether oxygens (including phenoxy) is 1. The minimum Gasteiger partial charge on any atom is -0.456 e. The number of nitrogens with two attached hydrogens (primary N) is 1. The third-order valence-corrected chi connectivity index (χ3v) is 6.72. The third-order valence-electron chi connectivity index (χ3n) is 6.35. The Morgan fingerprint density at radius 3 is 2.83 bits per heavy atom. The van der Waals surface area contributed by atoms with Gasteiger partial charge in [0.2, 0.25) is 5.91 Å².